The highest BCUT2D eigenvalue weighted by molar-refractivity contribution is 5.93. The highest BCUT2D eigenvalue weighted by Gasteiger charge is 2.39. The summed E-state index contributed by atoms with van der Waals surface area (Å²) in [6, 6.07) is 0. The highest BCUT2D eigenvalue weighted by atomic mass is 35.5. The molecular formula is C26H52Cl2N4O6. The third kappa shape index (κ3) is 21.3. The molecule has 0 fully saturated rings. The van der Waals surface area contributed by atoms with E-state index in [-0.39, 0.29) is 63.8 Å². The van der Waals surface area contributed by atoms with E-state index < -0.39 is 36.0 Å². The summed E-state index contributed by atoms with van der Waals surface area (Å²) in [5.41, 5.74) is 10.9. The summed E-state index contributed by atoms with van der Waals surface area (Å²) in [4.78, 5) is 50.7. The summed E-state index contributed by atoms with van der Waals surface area (Å²) in [5, 5.41) is 5.06. The molecule has 6 N–H and O–H groups in total. The number of ether oxygens (including phenoxy) is 2. The van der Waals surface area contributed by atoms with Gasteiger partial charge < -0.3 is 31.6 Å². The van der Waals surface area contributed by atoms with E-state index in [0.29, 0.717) is 12.8 Å². The zero-order chi connectivity index (χ0) is 27.0. The Hall–Kier alpha value is -1.62. The van der Waals surface area contributed by atoms with Gasteiger partial charge in [0.2, 0.25) is 12.2 Å². The van der Waals surface area contributed by atoms with Crippen LogP contribution in [0, 0.1) is 0 Å². The number of nitrogens with one attached hydrogen (secondary N) is 2. The van der Waals surface area contributed by atoms with Crippen LogP contribution in [0.15, 0.2) is 0 Å². The monoisotopic (exact) mass is 586 g/mol. The predicted molar refractivity (Wildman–Crippen MR) is 154 cm³/mol. The van der Waals surface area contributed by atoms with Crippen LogP contribution in [0.5, 0.6) is 0 Å². The molecule has 0 rings (SSSR count). The summed E-state index contributed by atoms with van der Waals surface area (Å²) >= 11 is 0. The van der Waals surface area contributed by atoms with E-state index in [0.717, 1.165) is 64.2 Å². The minimum Gasteiger partial charge on any atom is -0.448 e. The van der Waals surface area contributed by atoms with Crippen molar-refractivity contribution in [2.45, 2.75) is 116 Å². The SMILES string of the molecule is CCCCCCCCC(=O)O[C@@H](C(=O)NCCN)[C@@H](OC(=O)CCCCCCCC)C(=O)NCCN.Cl.Cl. The maximum atomic E-state index is 12.8. The molecule has 10 nitrogen and oxygen atoms in total. The number of unbranched alkanes of at least 4 members (excludes halogenated alkanes) is 10. The topological polar surface area (TPSA) is 163 Å². The van der Waals surface area contributed by atoms with Gasteiger partial charge in [0.1, 0.15) is 0 Å². The van der Waals surface area contributed by atoms with E-state index in [1.165, 1.54) is 0 Å². The van der Waals surface area contributed by atoms with Crippen LogP contribution < -0.4 is 22.1 Å². The number of nitrogens with two attached hydrogens (primary N) is 2. The Morgan fingerprint density at radius 3 is 1.21 bits per heavy atom. The summed E-state index contributed by atoms with van der Waals surface area (Å²) in [6.07, 6.45) is 8.75. The van der Waals surface area contributed by atoms with Crippen LogP contribution in [-0.2, 0) is 28.7 Å². The van der Waals surface area contributed by atoms with Crippen molar-refractivity contribution in [3.05, 3.63) is 0 Å². The van der Waals surface area contributed by atoms with Crippen LogP contribution in [0.3, 0.4) is 0 Å². The molecule has 0 aromatic carbocycles. The van der Waals surface area contributed by atoms with Crippen molar-refractivity contribution in [3.8, 4) is 0 Å². The molecule has 0 aromatic heterocycles. The van der Waals surface area contributed by atoms with Gasteiger partial charge >= 0.3 is 11.9 Å². The lowest BCUT2D eigenvalue weighted by Gasteiger charge is -2.25. The second kappa shape index (κ2) is 28.4. The largest absolute Gasteiger partial charge is 0.448 e. The van der Waals surface area contributed by atoms with Crippen LogP contribution in [0.4, 0.5) is 0 Å². The predicted octanol–water partition coefficient (Wildman–Crippen LogP) is 3.30. The Morgan fingerprint density at radius 1 is 0.579 bits per heavy atom. The van der Waals surface area contributed by atoms with Crippen molar-refractivity contribution in [2.75, 3.05) is 26.2 Å². The Balaban J connectivity index is -0.00000612. The van der Waals surface area contributed by atoms with Gasteiger partial charge in [0, 0.05) is 39.0 Å². The minimum atomic E-state index is -1.62. The van der Waals surface area contributed by atoms with Crippen molar-refractivity contribution in [1.82, 2.24) is 10.6 Å². The first kappa shape index (κ1) is 40.9. The second-order valence-electron chi connectivity index (χ2n) is 9.02. The first-order valence-electron chi connectivity index (χ1n) is 13.8. The number of rotatable bonds is 23. The molecule has 2 atom stereocenters. The fourth-order valence-corrected chi connectivity index (χ4v) is 3.60. The Morgan fingerprint density at radius 2 is 0.895 bits per heavy atom. The zero-order valence-electron chi connectivity index (χ0n) is 23.3. The first-order valence-corrected chi connectivity index (χ1v) is 13.8. The first-order chi connectivity index (χ1) is 17.4. The summed E-state index contributed by atoms with van der Waals surface area (Å²) in [6.45, 7) is 4.82. The van der Waals surface area contributed by atoms with Gasteiger partial charge in [-0.25, -0.2) is 0 Å². The Bertz CT molecular complexity index is 577. The molecule has 12 heteroatoms. The van der Waals surface area contributed by atoms with E-state index in [4.69, 9.17) is 20.9 Å². The van der Waals surface area contributed by atoms with Gasteiger partial charge in [-0.3, -0.25) is 19.2 Å². The third-order valence-electron chi connectivity index (χ3n) is 5.66. The quantitative estimate of drug-likeness (QED) is 0.105. The van der Waals surface area contributed by atoms with Crippen LogP contribution in [0.25, 0.3) is 0 Å². The van der Waals surface area contributed by atoms with E-state index in [1.54, 1.807) is 0 Å². The maximum absolute atomic E-state index is 12.8. The fraction of sp³-hybridized carbons (Fsp3) is 0.846. The van der Waals surface area contributed by atoms with E-state index in [1.807, 2.05) is 0 Å². The average molecular weight is 588 g/mol. The second-order valence-corrected chi connectivity index (χ2v) is 9.02. The van der Waals surface area contributed by atoms with Crippen molar-refractivity contribution in [3.63, 3.8) is 0 Å². The lowest BCUT2D eigenvalue weighted by atomic mass is 10.1. The van der Waals surface area contributed by atoms with Crippen molar-refractivity contribution in [2.24, 2.45) is 11.5 Å². The van der Waals surface area contributed by atoms with Gasteiger partial charge in [0.15, 0.2) is 0 Å². The van der Waals surface area contributed by atoms with Gasteiger partial charge in [0.25, 0.3) is 11.8 Å². The Labute approximate surface area is 241 Å². The molecule has 0 saturated carbocycles. The molecule has 0 aliphatic rings. The van der Waals surface area contributed by atoms with E-state index >= 15 is 0 Å². The molecule has 0 aromatic rings. The summed E-state index contributed by atoms with van der Waals surface area (Å²) in [5.74, 6) is -2.72. The molecule has 0 aliphatic heterocycles. The number of halogens is 2. The molecule has 38 heavy (non-hydrogen) atoms. The molecule has 0 heterocycles. The zero-order valence-corrected chi connectivity index (χ0v) is 24.9. The smallest absolute Gasteiger partial charge is 0.306 e. The maximum Gasteiger partial charge on any atom is 0.306 e. The summed E-state index contributed by atoms with van der Waals surface area (Å²) in [7, 11) is 0. The van der Waals surface area contributed by atoms with Gasteiger partial charge in [-0.15, -0.1) is 24.8 Å². The fourth-order valence-electron chi connectivity index (χ4n) is 3.60. The summed E-state index contributed by atoms with van der Waals surface area (Å²) < 4.78 is 10.8. The van der Waals surface area contributed by atoms with Crippen molar-refractivity contribution in [1.29, 1.82) is 0 Å². The minimum absolute atomic E-state index is 0. The molecule has 0 aliphatic carbocycles. The van der Waals surface area contributed by atoms with Crippen LogP contribution in [0.2, 0.25) is 0 Å². The van der Waals surface area contributed by atoms with E-state index in [2.05, 4.69) is 24.5 Å². The lowest BCUT2D eigenvalue weighted by Crippen LogP contribution is -2.54. The molecule has 0 unspecified atom stereocenters. The molecular weight excluding hydrogens is 535 g/mol. The van der Waals surface area contributed by atoms with Crippen LogP contribution >= 0.6 is 24.8 Å². The molecule has 226 valence electrons. The number of hydrogen-bond acceptors (Lipinski definition) is 8. The molecule has 0 radical (unpaired) electrons. The van der Waals surface area contributed by atoms with Gasteiger partial charge in [-0.1, -0.05) is 78.1 Å². The van der Waals surface area contributed by atoms with Gasteiger partial charge in [0.05, 0.1) is 0 Å². The van der Waals surface area contributed by atoms with Crippen LogP contribution in [0.1, 0.15) is 104 Å². The number of esters is 2. The number of amides is 2. The lowest BCUT2D eigenvalue weighted by molar-refractivity contribution is -0.176. The number of carbonyl (C=O) groups is 4. The van der Waals surface area contributed by atoms with Crippen molar-refractivity contribution >= 4 is 48.6 Å². The third-order valence-corrected chi connectivity index (χ3v) is 5.66. The number of hydrogen-bond donors (Lipinski definition) is 4. The molecule has 0 saturated heterocycles. The molecule has 0 spiro atoms. The normalized spacial score (nSPS) is 11.8. The van der Waals surface area contributed by atoms with E-state index in [9.17, 15) is 19.2 Å². The highest BCUT2D eigenvalue weighted by Crippen LogP contribution is 2.14. The molecule has 2 amide bonds. The molecule has 0 bridgehead atoms. The van der Waals surface area contributed by atoms with Gasteiger partial charge in [-0.2, -0.15) is 0 Å². The van der Waals surface area contributed by atoms with Crippen molar-refractivity contribution < 1.29 is 28.7 Å². The standard InChI is InChI=1S/C26H50N4O6.2ClH/c1-3-5-7-9-11-13-15-21(31)35-23(25(33)29-19-17-27)24(26(34)30-20-18-28)36-22(32)16-14-12-10-8-6-4-2;;/h23-24H,3-20,27-28H2,1-2H3,(H,29,33)(H,30,34);2*1H/t23-,24-;;/m1../s1. The van der Waals surface area contributed by atoms with Gasteiger partial charge in [-0.05, 0) is 12.8 Å². The Kier molecular flexibility index (Phi) is 30.5. The van der Waals surface area contributed by atoms with Crippen LogP contribution in [-0.4, -0.2) is 62.1 Å². The number of carbonyl (C=O) groups excluding carboxylic acids is 4. The average Bonchev–Trinajstić information content (AvgIpc) is 2.87.